The Hall–Kier alpha value is -1.34. The van der Waals surface area contributed by atoms with E-state index >= 15 is 0 Å². The lowest BCUT2D eigenvalue weighted by Gasteiger charge is -2.35. The van der Waals surface area contributed by atoms with Crippen molar-refractivity contribution in [3.05, 3.63) is 33.8 Å². The summed E-state index contributed by atoms with van der Waals surface area (Å²) in [5, 5.41) is 3.85. The molecule has 1 N–H and O–H groups in total. The zero-order chi connectivity index (χ0) is 18.8. The molecule has 0 spiro atoms. The number of carbonyl (C=O) groups is 2. The van der Waals surface area contributed by atoms with E-state index in [1.807, 2.05) is 0 Å². The second-order valence-corrected chi connectivity index (χ2v) is 7.90. The minimum Gasteiger partial charge on any atom is -0.375 e. The summed E-state index contributed by atoms with van der Waals surface area (Å²) in [4.78, 5) is 28.2. The molecular weight excluding hydrogens is 377 g/mol. The fraction of sp³-hybridized carbons (Fsp3) is 0.556. The van der Waals surface area contributed by atoms with Crippen molar-refractivity contribution in [3.8, 4) is 0 Å². The van der Waals surface area contributed by atoms with Gasteiger partial charge in [-0.05, 0) is 24.6 Å². The summed E-state index contributed by atoms with van der Waals surface area (Å²) in [7, 11) is 3.50. The van der Waals surface area contributed by atoms with E-state index in [9.17, 15) is 9.59 Å². The summed E-state index contributed by atoms with van der Waals surface area (Å²) in [5.41, 5.74) is 0.495. The number of rotatable bonds is 4. The van der Waals surface area contributed by atoms with Crippen LogP contribution in [-0.2, 0) is 9.53 Å². The van der Waals surface area contributed by atoms with Crippen LogP contribution in [0.4, 0.5) is 0 Å². The number of morpholine rings is 1. The predicted molar refractivity (Wildman–Crippen MR) is 101 cm³/mol. The highest BCUT2D eigenvalue weighted by Gasteiger charge is 2.38. The van der Waals surface area contributed by atoms with E-state index in [0.717, 1.165) is 13.0 Å². The molecule has 3 rings (SSSR count). The molecule has 1 aromatic rings. The van der Waals surface area contributed by atoms with E-state index < -0.39 is 0 Å². The number of ether oxygens (including phenoxy) is 1. The van der Waals surface area contributed by atoms with E-state index in [2.05, 4.69) is 10.2 Å². The molecule has 0 aromatic heterocycles. The van der Waals surface area contributed by atoms with E-state index in [1.54, 1.807) is 37.2 Å². The summed E-state index contributed by atoms with van der Waals surface area (Å²) in [5.74, 6) is -0.0919. The molecule has 0 bridgehead atoms. The highest BCUT2D eigenvalue weighted by molar-refractivity contribution is 6.42. The Kier molecular flexibility index (Phi) is 6.07. The molecule has 2 saturated heterocycles. The Morgan fingerprint density at radius 1 is 1.27 bits per heavy atom. The van der Waals surface area contributed by atoms with Crippen molar-refractivity contribution < 1.29 is 14.3 Å². The van der Waals surface area contributed by atoms with Gasteiger partial charge >= 0.3 is 0 Å². The molecular formula is C18H23Cl2N3O3. The van der Waals surface area contributed by atoms with Gasteiger partial charge in [0.2, 0.25) is 5.91 Å². The Morgan fingerprint density at radius 3 is 2.73 bits per heavy atom. The number of benzene rings is 1. The fourth-order valence-corrected chi connectivity index (χ4v) is 3.75. The molecule has 0 radical (unpaired) electrons. The van der Waals surface area contributed by atoms with Crippen LogP contribution in [0.25, 0.3) is 0 Å². The average molecular weight is 400 g/mol. The summed E-state index contributed by atoms with van der Waals surface area (Å²) < 4.78 is 5.85. The third kappa shape index (κ3) is 4.49. The molecule has 3 atom stereocenters. The van der Waals surface area contributed by atoms with Crippen LogP contribution in [0.1, 0.15) is 23.2 Å². The van der Waals surface area contributed by atoms with Gasteiger partial charge in [0.05, 0.1) is 29.2 Å². The molecule has 142 valence electrons. The van der Waals surface area contributed by atoms with Gasteiger partial charge in [0.15, 0.2) is 0 Å². The number of hydrogen-bond donors (Lipinski definition) is 1. The number of nitrogens with one attached hydrogen (secondary N) is 1. The van der Waals surface area contributed by atoms with E-state index in [4.69, 9.17) is 27.9 Å². The predicted octanol–water partition coefficient (Wildman–Crippen LogP) is 2.04. The lowest BCUT2D eigenvalue weighted by Crippen LogP contribution is -2.47. The fourth-order valence-electron chi connectivity index (χ4n) is 3.45. The molecule has 1 aromatic carbocycles. The molecule has 0 saturated carbocycles. The molecule has 2 heterocycles. The molecule has 2 aliphatic rings. The Morgan fingerprint density at radius 2 is 2.04 bits per heavy atom. The molecule has 2 fully saturated rings. The molecule has 26 heavy (non-hydrogen) atoms. The number of fused-ring (bicyclic) bond motifs is 1. The van der Waals surface area contributed by atoms with Gasteiger partial charge in [0.1, 0.15) is 0 Å². The van der Waals surface area contributed by atoms with Crippen LogP contribution in [0.5, 0.6) is 0 Å². The average Bonchev–Trinajstić information content (AvgIpc) is 2.98. The first-order chi connectivity index (χ1) is 12.3. The summed E-state index contributed by atoms with van der Waals surface area (Å²) >= 11 is 11.9. The van der Waals surface area contributed by atoms with Gasteiger partial charge in [-0.25, -0.2) is 0 Å². The molecule has 0 unspecified atom stereocenters. The van der Waals surface area contributed by atoms with Gasteiger partial charge in [-0.2, -0.15) is 0 Å². The topological polar surface area (TPSA) is 61.9 Å². The zero-order valence-electron chi connectivity index (χ0n) is 14.9. The molecule has 0 aliphatic carbocycles. The lowest BCUT2D eigenvalue weighted by molar-refractivity contribution is -0.134. The van der Waals surface area contributed by atoms with Gasteiger partial charge in [-0.15, -0.1) is 0 Å². The van der Waals surface area contributed by atoms with Crippen LogP contribution in [0, 0.1) is 0 Å². The summed E-state index contributed by atoms with van der Waals surface area (Å²) in [6.07, 6.45) is 1.13. The summed E-state index contributed by atoms with van der Waals surface area (Å²) in [6.45, 7) is 2.06. The van der Waals surface area contributed by atoms with Crippen molar-refractivity contribution in [2.45, 2.75) is 31.0 Å². The minimum atomic E-state index is -0.159. The normalized spacial score (nSPS) is 25.6. The van der Waals surface area contributed by atoms with Gasteiger partial charge in [-0.3, -0.25) is 14.5 Å². The highest BCUT2D eigenvalue weighted by atomic mass is 35.5. The van der Waals surface area contributed by atoms with Crippen LogP contribution in [0.3, 0.4) is 0 Å². The van der Waals surface area contributed by atoms with Crippen molar-refractivity contribution in [2.75, 3.05) is 33.8 Å². The first-order valence-electron chi connectivity index (χ1n) is 8.65. The third-order valence-corrected chi connectivity index (χ3v) is 5.65. The molecule has 6 nitrogen and oxygen atoms in total. The van der Waals surface area contributed by atoms with Crippen LogP contribution < -0.4 is 5.32 Å². The number of amides is 2. The quantitative estimate of drug-likeness (QED) is 0.841. The minimum absolute atomic E-state index is 0.0499. The maximum atomic E-state index is 12.4. The number of carbonyl (C=O) groups excluding carboxylic acids is 2. The largest absolute Gasteiger partial charge is 0.375 e. The number of nitrogens with zero attached hydrogens (tertiary/aromatic N) is 2. The Balaban J connectivity index is 1.54. The van der Waals surface area contributed by atoms with Crippen molar-refractivity contribution in [1.82, 2.24) is 15.1 Å². The third-order valence-electron chi connectivity index (χ3n) is 4.91. The number of hydrogen-bond acceptors (Lipinski definition) is 4. The Bertz CT molecular complexity index is 698. The van der Waals surface area contributed by atoms with Crippen molar-refractivity contribution in [1.29, 1.82) is 0 Å². The van der Waals surface area contributed by atoms with E-state index in [1.165, 1.54) is 0 Å². The van der Waals surface area contributed by atoms with Gasteiger partial charge in [0.25, 0.3) is 5.91 Å². The first kappa shape index (κ1) is 19.4. The molecule has 2 aliphatic heterocycles. The first-order valence-corrected chi connectivity index (χ1v) is 9.40. The Labute approximate surface area is 163 Å². The SMILES string of the molecule is CN(C)C(=O)C[C@H]1CN2C[C@H](NC(=O)c3ccc(Cl)c(Cl)c3)C[C@H]2CO1. The van der Waals surface area contributed by atoms with E-state index in [0.29, 0.717) is 35.2 Å². The van der Waals surface area contributed by atoms with Crippen molar-refractivity contribution >= 4 is 35.0 Å². The van der Waals surface area contributed by atoms with Crippen molar-refractivity contribution in [2.24, 2.45) is 0 Å². The summed E-state index contributed by atoms with van der Waals surface area (Å²) in [6, 6.07) is 5.19. The maximum absolute atomic E-state index is 12.4. The number of halogens is 2. The van der Waals surface area contributed by atoms with Gasteiger partial charge in [0, 0.05) is 44.8 Å². The second kappa shape index (κ2) is 8.13. The highest BCUT2D eigenvalue weighted by Crippen LogP contribution is 2.26. The molecule has 2 amide bonds. The van der Waals surface area contributed by atoms with Crippen LogP contribution in [0.15, 0.2) is 18.2 Å². The van der Waals surface area contributed by atoms with Crippen LogP contribution >= 0.6 is 23.2 Å². The monoisotopic (exact) mass is 399 g/mol. The van der Waals surface area contributed by atoms with Gasteiger partial charge < -0.3 is 15.0 Å². The standard InChI is InChI=1S/C18H23Cl2N3O3/c1-22(2)17(24)7-14-9-23-8-12(6-13(23)10-26-14)21-18(25)11-3-4-15(19)16(20)5-11/h3-5,12-14H,6-10H2,1-2H3,(H,21,25)/t12-,13+,14+/m1/s1. The molecule has 8 heteroatoms. The lowest BCUT2D eigenvalue weighted by atomic mass is 10.1. The van der Waals surface area contributed by atoms with Crippen LogP contribution in [-0.4, -0.2) is 73.6 Å². The van der Waals surface area contributed by atoms with Gasteiger partial charge in [-0.1, -0.05) is 23.2 Å². The van der Waals surface area contributed by atoms with Crippen molar-refractivity contribution in [3.63, 3.8) is 0 Å². The van der Waals surface area contributed by atoms with E-state index in [-0.39, 0.29) is 30.0 Å². The van der Waals surface area contributed by atoms with Crippen LogP contribution in [0.2, 0.25) is 10.0 Å². The second-order valence-electron chi connectivity index (χ2n) is 7.09. The zero-order valence-corrected chi connectivity index (χ0v) is 16.4. The smallest absolute Gasteiger partial charge is 0.251 e. The maximum Gasteiger partial charge on any atom is 0.251 e.